The minimum Gasteiger partial charge on any atom is -0.478 e. The molecule has 0 saturated carbocycles. The molecule has 0 unspecified atom stereocenters. The molecule has 1 aromatic carbocycles. The average molecular weight is 257 g/mol. The summed E-state index contributed by atoms with van der Waals surface area (Å²) in [5.74, 6) is -1.15. The molecule has 0 spiro atoms. The molecule has 0 amide bonds. The summed E-state index contributed by atoms with van der Waals surface area (Å²) in [6.45, 7) is 3.74. The zero-order chi connectivity index (χ0) is 13.2. The fraction of sp³-hybridized carbons (Fsp3) is 0.364. The van der Waals surface area contributed by atoms with Crippen molar-refractivity contribution >= 4 is 21.5 Å². The number of carboxylic acids is 1. The van der Waals surface area contributed by atoms with Crippen LogP contribution in [0, 0.1) is 0 Å². The van der Waals surface area contributed by atoms with Gasteiger partial charge in [0.15, 0.2) is 9.84 Å². The van der Waals surface area contributed by atoms with Gasteiger partial charge in [-0.3, -0.25) is 0 Å². The quantitative estimate of drug-likeness (QED) is 0.856. The number of benzene rings is 1. The second-order valence-corrected chi connectivity index (χ2v) is 6.07. The number of carbonyl (C=O) groups is 1. The zero-order valence-corrected chi connectivity index (χ0v) is 10.7. The minimum absolute atomic E-state index is 0.00565. The number of hydrogen-bond donors (Lipinski definition) is 2. The van der Waals surface area contributed by atoms with Crippen LogP contribution in [-0.2, 0) is 9.84 Å². The van der Waals surface area contributed by atoms with Gasteiger partial charge < -0.3 is 10.4 Å². The van der Waals surface area contributed by atoms with E-state index in [0.717, 1.165) is 6.26 Å². The maximum atomic E-state index is 11.6. The first-order valence-corrected chi connectivity index (χ1v) is 6.95. The van der Waals surface area contributed by atoms with Crippen molar-refractivity contribution in [1.82, 2.24) is 0 Å². The molecular formula is C11H15NO4S. The Balaban J connectivity index is 3.37. The number of nitrogens with one attached hydrogen (secondary N) is 1. The molecule has 0 radical (unpaired) electrons. The highest BCUT2D eigenvalue weighted by Crippen LogP contribution is 2.23. The average Bonchev–Trinajstić information content (AvgIpc) is 2.15. The fourth-order valence-electron chi connectivity index (χ4n) is 1.39. The molecule has 1 rings (SSSR count). The Hall–Kier alpha value is -1.56. The Morgan fingerprint density at radius 1 is 1.35 bits per heavy atom. The molecule has 1 aromatic rings. The smallest absolute Gasteiger partial charge is 0.335 e. The van der Waals surface area contributed by atoms with Crippen molar-refractivity contribution in [2.24, 2.45) is 0 Å². The van der Waals surface area contributed by atoms with E-state index in [0.29, 0.717) is 5.69 Å². The lowest BCUT2D eigenvalue weighted by Gasteiger charge is -2.14. The highest BCUT2D eigenvalue weighted by Gasteiger charge is 2.16. The third-order valence-corrected chi connectivity index (χ3v) is 3.21. The first-order valence-electron chi connectivity index (χ1n) is 5.05. The number of anilines is 1. The van der Waals surface area contributed by atoms with Crippen LogP contribution in [-0.4, -0.2) is 31.8 Å². The Morgan fingerprint density at radius 2 is 1.94 bits per heavy atom. The van der Waals surface area contributed by atoms with Gasteiger partial charge in [-0.1, -0.05) is 0 Å². The summed E-state index contributed by atoms with van der Waals surface area (Å²) in [6.07, 6.45) is 1.06. The number of hydrogen-bond acceptors (Lipinski definition) is 4. The van der Waals surface area contributed by atoms with Crippen LogP contribution in [0.2, 0.25) is 0 Å². The molecule has 2 N–H and O–H groups in total. The van der Waals surface area contributed by atoms with E-state index in [1.165, 1.54) is 18.2 Å². The van der Waals surface area contributed by atoms with Crippen molar-refractivity contribution in [2.75, 3.05) is 11.6 Å². The predicted octanol–water partition coefficient (Wildman–Crippen LogP) is 1.61. The van der Waals surface area contributed by atoms with Crippen molar-refractivity contribution in [3.8, 4) is 0 Å². The van der Waals surface area contributed by atoms with Crippen molar-refractivity contribution in [1.29, 1.82) is 0 Å². The van der Waals surface area contributed by atoms with E-state index in [9.17, 15) is 13.2 Å². The Kier molecular flexibility index (Phi) is 3.77. The van der Waals surface area contributed by atoms with Crippen molar-refractivity contribution in [3.05, 3.63) is 23.8 Å². The molecule has 0 aliphatic carbocycles. The number of sulfone groups is 1. The number of rotatable bonds is 4. The summed E-state index contributed by atoms with van der Waals surface area (Å²) in [4.78, 5) is 10.8. The van der Waals surface area contributed by atoms with Gasteiger partial charge in [-0.25, -0.2) is 13.2 Å². The minimum atomic E-state index is -3.46. The maximum Gasteiger partial charge on any atom is 0.335 e. The molecule has 0 atom stereocenters. The molecule has 6 heteroatoms. The van der Waals surface area contributed by atoms with Crippen LogP contribution < -0.4 is 5.32 Å². The van der Waals surface area contributed by atoms with E-state index >= 15 is 0 Å². The second-order valence-electron chi connectivity index (χ2n) is 4.09. The number of aromatic carboxylic acids is 1. The van der Waals surface area contributed by atoms with E-state index in [-0.39, 0.29) is 16.5 Å². The Bertz CT molecular complexity index is 534. The van der Waals surface area contributed by atoms with Crippen LogP contribution in [0.1, 0.15) is 24.2 Å². The van der Waals surface area contributed by atoms with Gasteiger partial charge in [-0.15, -0.1) is 0 Å². The first-order chi connectivity index (χ1) is 7.71. The molecule has 0 aliphatic heterocycles. The lowest BCUT2D eigenvalue weighted by molar-refractivity contribution is 0.0696. The molecule has 94 valence electrons. The maximum absolute atomic E-state index is 11.6. The summed E-state index contributed by atoms with van der Waals surface area (Å²) in [5.41, 5.74) is 0.382. The van der Waals surface area contributed by atoms with Crippen molar-refractivity contribution in [3.63, 3.8) is 0 Å². The van der Waals surface area contributed by atoms with Crippen LogP contribution in [0.5, 0.6) is 0 Å². The molecular weight excluding hydrogens is 242 g/mol. The first kappa shape index (κ1) is 13.5. The van der Waals surface area contributed by atoms with Gasteiger partial charge in [0.2, 0.25) is 0 Å². The van der Waals surface area contributed by atoms with E-state index in [1.54, 1.807) is 0 Å². The summed E-state index contributed by atoms with van der Waals surface area (Å²) in [7, 11) is -3.46. The van der Waals surface area contributed by atoms with Gasteiger partial charge in [0, 0.05) is 12.3 Å². The van der Waals surface area contributed by atoms with Gasteiger partial charge in [0.25, 0.3) is 0 Å². The lowest BCUT2D eigenvalue weighted by Crippen LogP contribution is -2.14. The van der Waals surface area contributed by atoms with Crippen molar-refractivity contribution in [2.45, 2.75) is 24.8 Å². The van der Waals surface area contributed by atoms with E-state index in [1.807, 2.05) is 13.8 Å². The Labute approximate surface area is 100 Å². The second kappa shape index (κ2) is 4.75. The highest BCUT2D eigenvalue weighted by molar-refractivity contribution is 7.90. The van der Waals surface area contributed by atoms with Crippen LogP contribution >= 0.6 is 0 Å². The van der Waals surface area contributed by atoms with Crippen LogP contribution in [0.3, 0.4) is 0 Å². The summed E-state index contributed by atoms with van der Waals surface area (Å²) >= 11 is 0. The third kappa shape index (κ3) is 3.45. The topological polar surface area (TPSA) is 83.5 Å². The largest absolute Gasteiger partial charge is 0.478 e. The van der Waals surface area contributed by atoms with Gasteiger partial charge in [0.1, 0.15) is 0 Å². The van der Waals surface area contributed by atoms with Gasteiger partial charge in [0.05, 0.1) is 16.1 Å². The Morgan fingerprint density at radius 3 is 2.35 bits per heavy atom. The summed E-state index contributed by atoms with van der Waals surface area (Å²) in [5, 5.41) is 11.8. The van der Waals surface area contributed by atoms with Gasteiger partial charge >= 0.3 is 5.97 Å². The van der Waals surface area contributed by atoms with Gasteiger partial charge in [-0.2, -0.15) is 0 Å². The third-order valence-electron chi connectivity index (χ3n) is 2.07. The molecule has 17 heavy (non-hydrogen) atoms. The van der Waals surface area contributed by atoms with E-state index in [2.05, 4.69) is 5.32 Å². The monoisotopic (exact) mass is 257 g/mol. The normalized spacial score (nSPS) is 11.5. The molecule has 0 saturated heterocycles. The predicted molar refractivity (Wildman–Crippen MR) is 65.3 cm³/mol. The highest BCUT2D eigenvalue weighted by atomic mass is 32.2. The molecule has 0 heterocycles. The van der Waals surface area contributed by atoms with E-state index in [4.69, 9.17) is 5.11 Å². The van der Waals surface area contributed by atoms with Crippen LogP contribution in [0.15, 0.2) is 23.1 Å². The SMILES string of the molecule is CC(C)Nc1ccc(C(=O)O)cc1S(C)(=O)=O. The fourth-order valence-corrected chi connectivity index (χ4v) is 2.26. The van der Waals surface area contributed by atoms with Crippen LogP contribution in [0.25, 0.3) is 0 Å². The molecule has 0 aromatic heterocycles. The molecule has 0 bridgehead atoms. The lowest BCUT2D eigenvalue weighted by atomic mass is 10.2. The molecule has 0 fully saturated rings. The van der Waals surface area contributed by atoms with E-state index < -0.39 is 15.8 Å². The standard InChI is InChI=1S/C11H15NO4S/c1-7(2)12-9-5-4-8(11(13)14)6-10(9)17(3,15)16/h4-7,12H,1-3H3,(H,13,14). The zero-order valence-electron chi connectivity index (χ0n) is 9.89. The number of carboxylic acid groups (broad SMARTS) is 1. The van der Waals surface area contributed by atoms with Crippen LogP contribution in [0.4, 0.5) is 5.69 Å². The summed E-state index contributed by atoms with van der Waals surface area (Å²) < 4.78 is 23.2. The molecule has 5 nitrogen and oxygen atoms in total. The molecule has 0 aliphatic rings. The van der Waals surface area contributed by atoms with Crippen molar-refractivity contribution < 1.29 is 18.3 Å². The summed E-state index contributed by atoms with van der Waals surface area (Å²) in [6, 6.07) is 4.08. The van der Waals surface area contributed by atoms with Gasteiger partial charge in [-0.05, 0) is 32.0 Å².